The minimum Gasteiger partial charge on any atom is -0.505 e. The molecule has 6 rings (SSSR count). The third-order valence-corrected chi connectivity index (χ3v) is 7.65. The predicted octanol–water partition coefficient (Wildman–Crippen LogP) is 5.43. The van der Waals surface area contributed by atoms with E-state index >= 15 is 0 Å². The summed E-state index contributed by atoms with van der Waals surface area (Å²) in [5, 5.41) is 21.4. The van der Waals surface area contributed by atoms with E-state index in [9.17, 15) is 15.2 Å². The van der Waals surface area contributed by atoms with E-state index in [-0.39, 0.29) is 22.9 Å². The van der Waals surface area contributed by atoms with Gasteiger partial charge >= 0.3 is 0 Å². The molecular formula is C25H17ClN4O4S. The van der Waals surface area contributed by atoms with E-state index in [0.717, 1.165) is 18.4 Å². The van der Waals surface area contributed by atoms with Crippen LogP contribution in [0.25, 0.3) is 31.7 Å². The van der Waals surface area contributed by atoms with E-state index in [4.69, 9.17) is 25.7 Å². The standard InChI is InChI=1S/C25H17ClN4O4S/c1-33-19-7-16(12-2-3-12)17(6-13(19)8-27)23-29-24-20(15-4-5-18(26)21(31)22(15)35-24)25(32)30(23)10-14-9-28-11-34-14/h4-7,9,11-12,31H,2-3,10H2,1H3. The second kappa shape index (κ2) is 8.12. The molecule has 35 heavy (non-hydrogen) atoms. The van der Waals surface area contributed by atoms with Gasteiger partial charge in [-0.3, -0.25) is 9.36 Å². The Morgan fingerprint density at radius 2 is 2.20 bits per heavy atom. The number of thiophene rings is 1. The van der Waals surface area contributed by atoms with Crippen molar-refractivity contribution in [3.63, 3.8) is 0 Å². The lowest BCUT2D eigenvalue weighted by molar-refractivity contribution is 0.413. The summed E-state index contributed by atoms with van der Waals surface area (Å²) in [4.78, 5) is 23.3. The molecule has 0 radical (unpaired) electrons. The van der Waals surface area contributed by atoms with Crippen LogP contribution in [-0.2, 0) is 6.54 Å². The van der Waals surface area contributed by atoms with Crippen molar-refractivity contribution in [2.24, 2.45) is 0 Å². The van der Waals surface area contributed by atoms with Gasteiger partial charge in [-0.15, -0.1) is 11.3 Å². The topological polar surface area (TPSA) is 114 Å². The lowest BCUT2D eigenvalue weighted by atomic mass is 9.98. The maximum atomic E-state index is 14.0. The molecule has 0 aliphatic heterocycles. The average molecular weight is 505 g/mol. The van der Waals surface area contributed by atoms with Crippen LogP contribution in [0.4, 0.5) is 0 Å². The largest absolute Gasteiger partial charge is 0.505 e. The summed E-state index contributed by atoms with van der Waals surface area (Å²) >= 11 is 7.33. The summed E-state index contributed by atoms with van der Waals surface area (Å²) in [5.74, 6) is 1.61. The molecule has 0 bridgehead atoms. The predicted molar refractivity (Wildman–Crippen MR) is 132 cm³/mol. The van der Waals surface area contributed by atoms with E-state index in [2.05, 4.69) is 11.1 Å². The zero-order chi connectivity index (χ0) is 24.3. The van der Waals surface area contributed by atoms with Gasteiger partial charge in [-0.1, -0.05) is 17.7 Å². The second-order valence-electron chi connectivity index (χ2n) is 8.38. The summed E-state index contributed by atoms with van der Waals surface area (Å²) in [5.41, 5.74) is 1.74. The molecule has 1 aliphatic rings. The number of rotatable bonds is 5. The highest BCUT2D eigenvalue weighted by Gasteiger charge is 2.30. The number of aromatic hydroxyl groups is 1. The minimum atomic E-state index is -0.287. The first-order chi connectivity index (χ1) is 17.0. The molecule has 0 saturated heterocycles. The van der Waals surface area contributed by atoms with Crippen molar-refractivity contribution in [1.29, 1.82) is 5.26 Å². The van der Waals surface area contributed by atoms with Gasteiger partial charge in [-0.25, -0.2) is 9.97 Å². The number of benzene rings is 2. The number of phenolic OH excluding ortho intramolecular Hbond substituents is 1. The normalized spacial score (nSPS) is 13.4. The van der Waals surface area contributed by atoms with Crippen LogP contribution in [0.2, 0.25) is 5.02 Å². The molecule has 1 saturated carbocycles. The highest BCUT2D eigenvalue weighted by Crippen LogP contribution is 2.47. The van der Waals surface area contributed by atoms with Gasteiger partial charge in [0, 0.05) is 10.9 Å². The molecule has 174 valence electrons. The van der Waals surface area contributed by atoms with E-state index in [1.54, 1.807) is 24.4 Å². The Hall–Kier alpha value is -3.87. The second-order valence-corrected chi connectivity index (χ2v) is 9.78. The van der Waals surface area contributed by atoms with Crippen molar-refractivity contribution < 1.29 is 14.3 Å². The van der Waals surface area contributed by atoms with E-state index < -0.39 is 0 Å². The van der Waals surface area contributed by atoms with Gasteiger partial charge in [0.25, 0.3) is 5.56 Å². The van der Waals surface area contributed by atoms with Crippen LogP contribution in [0.3, 0.4) is 0 Å². The van der Waals surface area contributed by atoms with Crippen molar-refractivity contribution in [1.82, 2.24) is 14.5 Å². The molecule has 3 aromatic heterocycles. The summed E-state index contributed by atoms with van der Waals surface area (Å²) in [7, 11) is 1.53. The van der Waals surface area contributed by atoms with Gasteiger partial charge in [-0.2, -0.15) is 5.26 Å². The first-order valence-corrected chi connectivity index (χ1v) is 12.0. The Balaban J connectivity index is 1.71. The van der Waals surface area contributed by atoms with Crippen LogP contribution in [0.5, 0.6) is 11.5 Å². The fourth-order valence-corrected chi connectivity index (χ4v) is 5.71. The summed E-state index contributed by atoms with van der Waals surface area (Å²) in [6, 6.07) is 9.07. The van der Waals surface area contributed by atoms with Crippen LogP contribution in [0.15, 0.2) is 46.1 Å². The van der Waals surface area contributed by atoms with Gasteiger partial charge in [0.15, 0.2) is 12.1 Å². The zero-order valence-electron chi connectivity index (χ0n) is 18.4. The van der Waals surface area contributed by atoms with Crippen LogP contribution in [-0.4, -0.2) is 26.8 Å². The fourth-order valence-electron chi connectivity index (χ4n) is 4.39. The van der Waals surface area contributed by atoms with Crippen molar-refractivity contribution in [3.05, 3.63) is 69.1 Å². The number of hydrogen-bond acceptors (Lipinski definition) is 8. The van der Waals surface area contributed by atoms with Gasteiger partial charge < -0.3 is 14.3 Å². The molecule has 5 aromatic rings. The van der Waals surface area contributed by atoms with Crippen LogP contribution in [0.1, 0.15) is 35.6 Å². The molecule has 3 heterocycles. The van der Waals surface area contributed by atoms with Crippen LogP contribution in [0, 0.1) is 11.3 Å². The summed E-state index contributed by atoms with van der Waals surface area (Å²) in [6.07, 6.45) is 4.87. The summed E-state index contributed by atoms with van der Waals surface area (Å²) in [6.45, 7) is 0.103. The highest BCUT2D eigenvalue weighted by atomic mass is 35.5. The van der Waals surface area contributed by atoms with Crippen molar-refractivity contribution >= 4 is 43.2 Å². The van der Waals surface area contributed by atoms with Crippen LogP contribution >= 0.6 is 22.9 Å². The molecule has 0 unspecified atom stereocenters. The number of hydrogen-bond donors (Lipinski definition) is 1. The van der Waals surface area contributed by atoms with Gasteiger partial charge in [0.1, 0.15) is 28.2 Å². The fraction of sp³-hybridized carbons (Fsp3) is 0.200. The lowest BCUT2D eigenvalue weighted by Gasteiger charge is -2.16. The Morgan fingerprint density at radius 3 is 2.89 bits per heavy atom. The molecule has 0 amide bonds. The zero-order valence-corrected chi connectivity index (χ0v) is 20.0. The van der Waals surface area contributed by atoms with E-state index in [1.807, 2.05) is 6.07 Å². The van der Waals surface area contributed by atoms with Gasteiger partial charge in [0.05, 0.1) is 40.5 Å². The maximum absolute atomic E-state index is 14.0. The molecule has 0 spiro atoms. The molecule has 1 aliphatic carbocycles. The number of oxazole rings is 1. The maximum Gasteiger partial charge on any atom is 0.263 e. The van der Waals surface area contributed by atoms with E-state index in [0.29, 0.717) is 54.7 Å². The molecule has 1 fully saturated rings. The Kier molecular flexibility index (Phi) is 5.02. The Labute approximate surface area is 207 Å². The molecular weight excluding hydrogens is 488 g/mol. The SMILES string of the molecule is COc1cc(C2CC2)c(-c2nc3sc4c(O)c(Cl)ccc4c3c(=O)n2Cc2cnco2)cc1C#N. The number of phenols is 1. The lowest BCUT2D eigenvalue weighted by Crippen LogP contribution is -2.24. The number of ether oxygens (including phenoxy) is 1. The van der Waals surface area contributed by atoms with Crippen molar-refractivity contribution in [3.8, 4) is 29.0 Å². The smallest absolute Gasteiger partial charge is 0.263 e. The first-order valence-electron chi connectivity index (χ1n) is 10.8. The number of halogens is 1. The quantitative estimate of drug-likeness (QED) is 0.339. The average Bonchev–Trinajstić information content (AvgIpc) is 3.45. The molecule has 10 heteroatoms. The van der Waals surface area contributed by atoms with E-state index in [1.165, 1.54) is 29.4 Å². The number of nitriles is 1. The van der Waals surface area contributed by atoms with Crippen molar-refractivity contribution in [2.45, 2.75) is 25.3 Å². The molecule has 8 nitrogen and oxygen atoms in total. The third kappa shape index (κ3) is 3.45. The Bertz CT molecular complexity index is 1730. The van der Waals surface area contributed by atoms with Gasteiger partial charge in [0.2, 0.25) is 0 Å². The van der Waals surface area contributed by atoms with Crippen LogP contribution < -0.4 is 10.3 Å². The molecule has 1 N–H and O–H groups in total. The highest BCUT2D eigenvalue weighted by molar-refractivity contribution is 7.25. The molecule has 2 aromatic carbocycles. The Morgan fingerprint density at radius 1 is 1.37 bits per heavy atom. The number of methoxy groups -OCH3 is 1. The summed E-state index contributed by atoms with van der Waals surface area (Å²) < 4.78 is 12.9. The third-order valence-electron chi connectivity index (χ3n) is 6.23. The molecule has 0 atom stereocenters. The van der Waals surface area contributed by atoms with Gasteiger partial charge in [-0.05, 0) is 42.5 Å². The monoisotopic (exact) mass is 504 g/mol. The number of aromatic nitrogens is 3. The first kappa shape index (κ1) is 21.6. The van der Waals surface area contributed by atoms with Crippen molar-refractivity contribution in [2.75, 3.05) is 7.11 Å². The number of fused-ring (bicyclic) bond motifs is 3. The number of nitrogens with zero attached hydrogens (tertiary/aromatic N) is 4. The minimum absolute atomic E-state index is 0.0789.